The lowest BCUT2D eigenvalue weighted by molar-refractivity contribution is -0.125. The fraction of sp³-hybridized carbons (Fsp3) is 0.875. The molecule has 0 rings (SSSR count). The van der Waals surface area contributed by atoms with E-state index in [0.717, 1.165) is 0 Å². The molecule has 1 unspecified atom stereocenters. The highest BCUT2D eigenvalue weighted by Crippen LogP contribution is 1.98. The maximum absolute atomic E-state index is 10.9. The Balaban J connectivity index is 3.57. The van der Waals surface area contributed by atoms with Gasteiger partial charge in [0.05, 0.1) is 0 Å². The molecule has 0 saturated carbocycles. The highest BCUT2D eigenvalue weighted by Gasteiger charge is 2.09. The minimum Gasteiger partial charge on any atom is -0.375 e. The Kier molecular flexibility index (Phi) is 4.86. The van der Waals surface area contributed by atoms with Crippen LogP contribution in [0.5, 0.6) is 0 Å². The van der Waals surface area contributed by atoms with Crippen LogP contribution in [0.3, 0.4) is 0 Å². The third kappa shape index (κ3) is 4.79. The molecule has 0 aromatic rings. The van der Waals surface area contributed by atoms with Gasteiger partial charge in [-0.2, -0.15) is 0 Å². The summed E-state index contributed by atoms with van der Waals surface area (Å²) in [6.45, 7) is 6.27. The minimum absolute atomic E-state index is 0.0475. The molecule has 1 N–H and O–H groups in total. The van der Waals surface area contributed by atoms with Crippen molar-refractivity contribution < 1.29 is 9.53 Å². The monoisotopic (exact) mass is 159 g/mol. The predicted octanol–water partition coefficient (Wildman–Crippen LogP) is 0.793. The smallest absolute Gasteiger partial charge is 0.246 e. The van der Waals surface area contributed by atoms with Gasteiger partial charge in [-0.05, 0) is 12.8 Å². The standard InChI is InChI=1S/C8H17NO2/c1-6(2)7(3)9-8(10)5-11-4/h6-7H,5H2,1-4H3,(H,9,10). The van der Waals surface area contributed by atoms with Gasteiger partial charge in [-0.1, -0.05) is 13.8 Å². The average molecular weight is 159 g/mol. The SMILES string of the molecule is COCC(=O)NC(C)C(C)C. The molecule has 0 aliphatic rings. The molecule has 0 bridgehead atoms. The van der Waals surface area contributed by atoms with Gasteiger partial charge in [-0.25, -0.2) is 0 Å². The molecular formula is C8H17NO2. The van der Waals surface area contributed by atoms with Crippen LogP contribution in [0.4, 0.5) is 0 Å². The quantitative estimate of drug-likeness (QED) is 0.658. The van der Waals surface area contributed by atoms with Crippen molar-refractivity contribution in [2.45, 2.75) is 26.8 Å². The van der Waals surface area contributed by atoms with Gasteiger partial charge in [0.15, 0.2) is 0 Å². The van der Waals surface area contributed by atoms with Crippen molar-refractivity contribution in [3.05, 3.63) is 0 Å². The van der Waals surface area contributed by atoms with Gasteiger partial charge in [0.1, 0.15) is 6.61 Å². The van der Waals surface area contributed by atoms with Crippen LogP contribution in [0.1, 0.15) is 20.8 Å². The second kappa shape index (κ2) is 5.13. The van der Waals surface area contributed by atoms with Gasteiger partial charge in [0, 0.05) is 13.2 Å². The Morgan fingerprint density at radius 2 is 2.00 bits per heavy atom. The van der Waals surface area contributed by atoms with Gasteiger partial charge < -0.3 is 10.1 Å². The Hall–Kier alpha value is -0.570. The number of carbonyl (C=O) groups excluding carboxylic acids is 1. The Labute approximate surface area is 68.1 Å². The summed E-state index contributed by atoms with van der Waals surface area (Å²) in [4.78, 5) is 10.9. The number of methoxy groups -OCH3 is 1. The Bertz CT molecular complexity index is 123. The van der Waals surface area contributed by atoms with E-state index < -0.39 is 0 Å². The molecule has 3 nitrogen and oxygen atoms in total. The topological polar surface area (TPSA) is 38.3 Å². The lowest BCUT2D eigenvalue weighted by Crippen LogP contribution is -2.38. The first kappa shape index (κ1) is 10.4. The van der Waals surface area contributed by atoms with E-state index in [0.29, 0.717) is 5.92 Å². The molecule has 0 heterocycles. The normalized spacial score (nSPS) is 13.2. The molecule has 0 aliphatic heterocycles. The van der Waals surface area contributed by atoms with Crippen LogP contribution in [0, 0.1) is 5.92 Å². The van der Waals surface area contributed by atoms with Gasteiger partial charge in [-0.15, -0.1) is 0 Å². The zero-order valence-electron chi connectivity index (χ0n) is 7.68. The summed E-state index contributed by atoms with van der Waals surface area (Å²) in [6.07, 6.45) is 0. The van der Waals surface area contributed by atoms with E-state index in [1.807, 2.05) is 6.92 Å². The fourth-order valence-electron chi connectivity index (χ4n) is 0.593. The minimum atomic E-state index is -0.0475. The lowest BCUT2D eigenvalue weighted by atomic mass is 10.1. The van der Waals surface area contributed by atoms with Gasteiger partial charge in [0.25, 0.3) is 0 Å². The molecule has 0 aromatic heterocycles. The number of carbonyl (C=O) groups is 1. The molecule has 3 heteroatoms. The molecule has 0 radical (unpaired) electrons. The van der Waals surface area contributed by atoms with Crippen molar-refractivity contribution in [3.8, 4) is 0 Å². The highest BCUT2D eigenvalue weighted by molar-refractivity contribution is 5.77. The zero-order chi connectivity index (χ0) is 8.85. The number of rotatable bonds is 4. The first-order valence-electron chi connectivity index (χ1n) is 3.86. The van der Waals surface area contributed by atoms with E-state index in [1.54, 1.807) is 0 Å². The van der Waals surface area contributed by atoms with Crippen LogP contribution in [-0.2, 0) is 9.53 Å². The van der Waals surface area contributed by atoms with Crippen LogP contribution >= 0.6 is 0 Å². The third-order valence-corrected chi connectivity index (χ3v) is 1.66. The van der Waals surface area contributed by atoms with Gasteiger partial charge >= 0.3 is 0 Å². The molecule has 1 atom stereocenters. The second-order valence-electron chi connectivity index (χ2n) is 3.03. The van der Waals surface area contributed by atoms with Crippen molar-refractivity contribution in [2.75, 3.05) is 13.7 Å². The molecule has 1 amide bonds. The van der Waals surface area contributed by atoms with Crippen molar-refractivity contribution in [2.24, 2.45) is 5.92 Å². The largest absolute Gasteiger partial charge is 0.375 e. The first-order chi connectivity index (χ1) is 5.07. The summed E-state index contributed by atoms with van der Waals surface area (Å²) in [6, 6.07) is 0.220. The lowest BCUT2D eigenvalue weighted by Gasteiger charge is -2.16. The van der Waals surface area contributed by atoms with Crippen LogP contribution in [0.25, 0.3) is 0 Å². The van der Waals surface area contributed by atoms with Crippen LogP contribution < -0.4 is 5.32 Å². The number of hydrogen-bond donors (Lipinski definition) is 1. The molecule has 0 aromatic carbocycles. The predicted molar refractivity (Wildman–Crippen MR) is 44.3 cm³/mol. The summed E-state index contributed by atoms with van der Waals surface area (Å²) in [5, 5.41) is 2.82. The van der Waals surface area contributed by atoms with Crippen molar-refractivity contribution in [1.82, 2.24) is 5.32 Å². The number of hydrogen-bond acceptors (Lipinski definition) is 2. The van der Waals surface area contributed by atoms with E-state index in [9.17, 15) is 4.79 Å². The number of nitrogens with one attached hydrogen (secondary N) is 1. The first-order valence-corrected chi connectivity index (χ1v) is 3.86. The van der Waals surface area contributed by atoms with Crippen LogP contribution in [0.2, 0.25) is 0 Å². The molecular weight excluding hydrogens is 142 g/mol. The van der Waals surface area contributed by atoms with Gasteiger partial charge in [-0.3, -0.25) is 4.79 Å². The van der Waals surface area contributed by atoms with Crippen molar-refractivity contribution >= 4 is 5.91 Å². The maximum Gasteiger partial charge on any atom is 0.246 e. The molecule has 0 aliphatic carbocycles. The van der Waals surface area contributed by atoms with E-state index in [2.05, 4.69) is 23.9 Å². The summed E-state index contributed by atoms with van der Waals surface area (Å²) in [7, 11) is 1.51. The Morgan fingerprint density at radius 3 is 2.36 bits per heavy atom. The van der Waals surface area contributed by atoms with Crippen molar-refractivity contribution in [3.63, 3.8) is 0 Å². The van der Waals surface area contributed by atoms with Crippen LogP contribution in [-0.4, -0.2) is 25.7 Å². The van der Waals surface area contributed by atoms with Gasteiger partial charge in [0.2, 0.25) is 5.91 Å². The molecule has 66 valence electrons. The van der Waals surface area contributed by atoms with Crippen molar-refractivity contribution in [1.29, 1.82) is 0 Å². The molecule has 0 fully saturated rings. The molecule has 0 saturated heterocycles. The highest BCUT2D eigenvalue weighted by atomic mass is 16.5. The third-order valence-electron chi connectivity index (χ3n) is 1.66. The molecule has 11 heavy (non-hydrogen) atoms. The van der Waals surface area contributed by atoms with E-state index in [4.69, 9.17) is 0 Å². The average Bonchev–Trinajstić information content (AvgIpc) is 1.87. The second-order valence-corrected chi connectivity index (χ2v) is 3.03. The summed E-state index contributed by atoms with van der Waals surface area (Å²) in [5.41, 5.74) is 0. The van der Waals surface area contributed by atoms with Crippen LogP contribution in [0.15, 0.2) is 0 Å². The maximum atomic E-state index is 10.9. The Morgan fingerprint density at radius 1 is 1.45 bits per heavy atom. The van der Waals surface area contributed by atoms with E-state index >= 15 is 0 Å². The number of ether oxygens (including phenoxy) is 1. The summed E-state index contributed by atoms with van der Waals surface area (Å²) in [5.74, 6) is 0.421. The zero-order valence-corrected chi connectivity index (χ0v) is 7.68. The molecule has 0 spiro atoms. The van der Waals surface area contributed by atoms with E-state index in [1.165, 1.54) is 7.11 Å². The summed E-state index contributed by atoms with van der Waals surface area (Å²) >= 11 is 0. The summed E-state index contributed by atoms with van der Waals surface area (Å²) < 4.78 is 4.67. The number of amides is 1. The fourth-order valence-corrected chi connectivity index (χ4v) is 0.593. The van der Waals surface area contributed by atoms with E-state index in [-0.39, 0.29) is 18.6 Å².